The molecule has 27 heavy (non-hydrogen) atoms. The highest BCUT2D eigenvalue weighted by Gasteiger charge is 2.23. The summed E-state index contributed by atoms with van der Waals surface area (Å²) in [6, 6.07) is 4.58. The Hall–Kier alpha value is -0.870. The van der Waals surface area contributed by atoms with Crippen LogP contribution in [0, 0.1) is 5.92 Å². The van der Waals surface area contributed by atoms with Crippen molar-refractivity contribution in [2.24, 2.45) is 10.9 Å². The molecule has 0 aliphatic carbocycles. The molecule has 1 saturated heterocycles. The van der Waals surface area contributed by atoms with Crippen LogP contribution < -0.4 is 10.6 Å². The smallest absolute Gasteiger partial charge is 0.220 e. The minimum Gasteiger partial charge on any atom is -0.359 e. The van der Waals surface area contributed by atoms with Crippen LogP contribution in [0.5, 0.6) is 0 Å². The molecule has 0 radical (unpaired) electrons. The second-order valence-corrected chi connectivity index (χ2v) is 7.98. The van der Waals surface area contributed by atoms with E-state index in [2.05, 4.69) is 59.0 Å². The number of aliphatic imine (C=N–C) groups is 1. The summed E-state index contributed by atoms with van der Waals surface area (Å²) in [7, 11) is 5.93. The number of likely N-dealkylation sites (tertiary alicyclic amines) is 1. The maximum atomic E-state index is 11.6. The number of nitrogens with one attached hydrogen (secondary N) is 2. The van der Waals surface area contributed by atoms with Crippen molar-refractivity contribution in [3.63, 3.8) is 0 Å². The lowest BCUT2D eigenvalue weighted by atomic mass is 9.93. The van der Waals surface area contributed by atoms with Crippen molar-refractivity contribution in [3.8, 4) is 0 Å². The van der Waals surface area contributed by atoms with Gasteiger partial charge in [-0.3, -0.25) is 9.79 Å². The van der Waals surface area contributed by atoms with Crippen molar-refractivity contribution in [3.05, 3.63) is 22.4 Å². The van der Waals surface area contributed by atoms with Gasteiger partial charge in [0.15, 0.2) is 5.96 Å². The Bertz CT molecular complexity index is 571. The molecule has 6 nitrogen and oxygen atoms in total. The Labute approximate surface area is 184 Å². The van der Waals surface area contributed by atoms with Crippen LogP contribution in [0.1, 0.15) is 37.1 Å². The van der Waals surface area contributed by atoms with Crippen LogP contribution in [0.25, 0.3) is 0 Å². The molecule has 2 heterocycles. The molecule has 1 amide bonds. The number of likely N-dealkylation sites (N-methyl/N-ethyl adjacent to an activating group) is 1. The van der Waals surface area contributed by atoms with Crippen LogP contribution in [-0.2, 0) is 4.79 Å². The maximum Gasteiger partial charge on any atom is 0.220 e. The van der Waals surface area contributed by atoms with E-state index in [9.17, 15) is 4.79 Å². The maximum absolute atomic E-state index is 11.6. The number of carbonyl (C=O) groups excluding carboxylic acids is 1. The van der Waals surface area contributed by atoms with E-state index < -0.39 is 0 Å². The van der Waals surface area contributed by atoms with E-state index in [-0.39, 0.29) is 29.9 Å². The second-order valence-electron chi connectivity index (χ2n) is 7.00. The molecule has 0 bridgehead atoms. The molecule has 2 N–H and O–H groups in total. The van der Waals surface area contributed by atoms with Gasteiger partial charge in [-0.15, -0.1) is 35.3 Å². The molecule has 1 aliphatic rings. The zero-order valence-electron chi connectivity index (χ0n) is 16.9. The first-order valence-corrected chi connectivity index (χ1v) is 10.4. The average molecular weight is 507 g/mol. The summed E-state index contributed by atoms with van der Waals surface area (Å²) in [5.41, 5.74) is 0. The van der Waals surface area contributed by atoms with E-state index in [1.807, 2.05) is 0 Å². The number of halogens is 1. The topological polar surface area (TPSA) is 60.0 Å². The van der Waals surface area contributed by atoms with Crippen LogP contribution in [0.3, 0.4) is 0 Å². The van der Waals surface area contributed by atoms with E-state index in [1.165, 1.54) is 4.88 Å². The predicted molar refractivity (Wildman–Crippen MR) is 125 cm³/mol. The highest BCUT2D eigenvalue weighted by Crippen LogP contribution is 2.24. The predicted octanol–water partition coefficient (Wildman–Crippen LogP) is 2.78. The number of carbonyl (C=O) groups is 1. The van der Waals surface area contributed by atoms with E-state index in [0.717, 1.165) is 45.0 Å². The van der Waals surface area contributed by atoms with Gasteiger partial charge < -0.3 is 20.4 Å². The molecule has 0 saturated carbocycles. The third-order valence-corrected chi connectivity index (χ3v) is 5.88. The van der Waals surface area contributed by atoms with Crippen molar-refractivity contribution in [1.82, 2.24) is 20.4 Å². The summed E-state index contributed by atoms with van der Waals surface area (Å²) in [5.74, 6) is 1.62. The fourth-order valence-electron chi connectivity index (χ4n) is 3.30. The first kappa shape index (κ1) is 24.2. The summed E-state index contributed by atoms with van der Waals surface area (Å²) in [5, 5.41) is 8.29. The molecule has 1 aromatic heterocycles. The Morgan fingerprint density at radius 3 is 2.63 bits per heavy atom. The Morgan fingerprint density at radius 2 is 2.11 bits per heavy atom. The molecule has 2 rings (SSSR count). The quantitative estimate of drug-likeness (QED) is 0.339. The zero-order valence-corrected chi connectivity index (χ0v) is 20.0. The lowest BCUT2D eigenvalue weighted by Crippen LogP contribution is -2.46. The van der Waals surface area contributed by atoms with E-state index in [4.69, 9.17) is 4.99 Å². The largest absolute Gasteiger partial charge is 0.359 e. The Balaban J connectivity index is 0.00000364. The van der Waals surface area contributed by atoms with E-state index >= 15 is 0 Å². The average Bonchev–Trinajstić information content (AvgIpc) is 3.15. The molecule has 1 atom stereocenters. The normalized spacial score (nSPS) is 16.8. The molecule has 0 spiro atoms. The van der Waals surface area contributed by atoms with Gasteiger partial charge in [-0.2, -0.15) is 0 Å². The van der Waals surface area contributed by atoms with E-state index in [0.29, 0.717) is 18.4 Å². The third kappa shape index (κ3) is 7.57. The van der Waals surface area contributed by atoms with Crippen LogP contribution >= 0.6 is 35.3 Å². The molecular formula is C19H34IN5OS. The first-order chi connectivity index (χ1) is 12.5. The number of thiophene rings is 1. The van der Waals surface area contributed by atoms with Crippen molar-refractivity contribution >= 4 is 47.2 Å². The first-order valence-electron chi connectivity index (χ1n) is 9.48. The van der Waals surface area contributed by atoms with Gasteiger partial charge in [-0.05, 0) is 51.2 Å². The van der Waals surface area contributed by atoms with Gasteiger partial charge in [0.25, 0.3) is 0 Å². The number of piperidine rings is 1. The van der Waals surface area contributed by atoms with Crippen LogP contribution in [0.2, 0.25) is 0 Å². The number of guanidine groups is 1. The lowest BCUT2D eigenvalue weighted by molar-refractivity contribution is -0.121. The van der Waals surface area contributed by atoms with Gasteiger partial charge in [0.1, 0.15) is 0 Å². The standard InChI is InChI=1S/C19H33N5OS.HI/c1-5-21-19(22-14-16(23(3)4)17-7-6-12-26-17)24-10-8-15(9-11-24)13-18(25)20-2;/h6-7,12,15-16H,5,8-11,13-14H2,1-4H3,(H,20,25)(H,21,22);1H. The van der Waals surface area contributed by atoms with Crippen molar-refractivity contribution < 1.29 is 4.79 Å². The van der Waals surface area contributed by atoms with Gasteiger partial charge in [0.2, 0.25) is 5.91 Å². The fourth-order valence-corrected chi connectivity index (χ4v) is 4.21. The Kier molecular flexibility index (Phi) is 11.2. The summed E-state index contributed by atoms with van der Waals surface area (Å²) in [6.07, 6.45) is 2.72. The molecule has 1 unspecified atom stereocenters. The van der Waals surface area contributed by atoms with Gasteiger partial charge in [0, 0.05) is 38.0 Å². The highest BCUT2D eigenvalue weighted by atomic mass is 127. The minimum atomic E-state index is 0. The third-order valence-electron chi connectivity index (χ3n) is 4.91. The minimum absolute atomic E-state index is 0. The monoisotopic (exact) mass is 507 g/mol. The number of hydrogen-bond donors (Lipinski definition) is 2. The molecule has 0 aromatic carbocycles. The highest BCUT2D eigenvalue weighted by molar-refractivity contribution is 14.0. The lowest BCUT2D eigenvalue weighted by Gasteiger charge is -2.34. The van der Waals surface area contributed by atoms with Crippen molar-refractivity contribution in [1.29, 1.82) is 0 Å². The number of hydrogen-bond acceptors (Lipinski definition) is 4. The zero-order chi connectivity index (χ0) is 18.9. The van der Waals surface area contributed by atoms with Gasteiger partial charge in [-0.25, -0.2) is 0 Å². The van der Waals surface area contributed by atoms with Gasteiger partial charge in [0.05, 0.1) is 12.6 Å². The summed E-state index contributed by atoms with van der Waals surface area (Å²) >= 11 is 1.79. The summed E-state index contributed by atoms with van der Waals surface area (Å²) < 4.78 is 0. The fraction of sp³-hybridized carbons (Fsp3) is 0.684. The molecule has 1 fully saturated rings. The second kappa shape index (κ2) is 12.6. The SMILES string of the molecule is CCNC(=NCC(c1cccs1)N(C)C)N1CCC(CC(=O)NC)CC1.I. The van der Waals surface area contributed by atoms with Crippen molar-refractivity contribution in [2.45, 2.75) is 32.2 Å². The molecule has 1 aliphatic heterocycles. The van der Waals surface area contributed by atoms with Gasteiger partial charge in [-0.1, -0.05) is 6.07 Å². The Morgan fingerprint density at radius 1 is 1.41 bits per heavy atom. The van der Waals surface area contributed by atoms with Gasteiger partial charge >= 0.3 is 0 Å². The molecule has 154 valence electrons. The van der Waals surface area contributed by atoms with Crippen LogP contribution in [0.4, 0.5) is 0 Å². The number of nitrogens with zero attached hydrogens (tertiary/aromatic N) is 3. The van der Waals surface area contributed by atoms with Crippen molar-refractivity contribution in [2.75, 3.05) is 47.3 Å². The van der Waals surface area contributed by atoms with E-state index in [1.54, 1.807) is 18.4 Å². The summed E-state index contributed by atoms with van der Waals surface area (Å²) in [4.78, 5) is 22.4. The molecule has 8 heteroatoms. The number of amides is 1. The van der Waals surface area contributed by atoms with Crippen LogP contribution in [-0.4, -0.2) is 69.0 Å². The summed E-state index contributed by atoms with van der Waals surface area (Å²) in [6.45, 7) is 5.63. The molecular weight excluding hydrogens is 473 g/mol. The van der Waals surface area contributed by atoms with Crippen LogP contribution in [0.15, 0.2) is 22.5 Å². The number of rotatable bonds is 7. The molecule has 1 aromatic rings.